The highest BCUT2D eigenvalue weighted by Gasteiger charge is 2.41. The van der Waals surface area contributed by atoms with Gasteiger partial charge in [-0.2, -0.15) is 0 Å². The van der Waals surface area contributed by atoms with Gasteiger partial charge >= 0.3 is 5.97 Å². The Hall–Kier alpha value is -1.80. The lowest BCUT2D eigenvalue weighted by molar-refractivity contribution is 0.0177. The fraction of sp³-hybridized carbons (Fsp3) is 0.579. The molecule has 2 N–H and O–H groups in total. The van der Waals surface area contributed by atoms with Gasteiger partial charge in [0, 0.05) is 24.2 Å². The Bertz CT molecular complexity index is 735. The van der Waals surface area contributed by atoms with Crippen molar-refractivity contribution in [3.8, 4) is 0 Å². The molecule has 148 valence electrons. The third-order valence-electron chi connectivity index (χ3n) is 5.05. The van der Waals surface area contributed by atoms with Crippen LogP contribution in [0.3, 0.4) is 0 Å². The van der Waals surface area contributed by atoms with Gasteiger partial charge in [0.2, 0.25) is 0 Å². The maximum Gasteiger partial charge on any atom is 0.335 e. The van der Waals surface area contributed by atoms with Gasteiger partial charge in [-0.15, -0.1) is 10.3 Å². The highest BCUT2D eigenvalue weighted by atomic mass is 32.2. The van der Waals surface area contributed by atoms with Gasteiger partial charge < -0.3 is 15.3 Å². The monoisotopic (exact) mass is 394 g/mol. The average Bonchev–Trinajstić information content (AvgIpc) is 2.93. The van der Waals surface area contributed by atoms with Crippen molar-refractivity contribution in [1.82, 2.24) is 15.4 Å². The first kappa shape index (κ1) is 19.9. The number of amidine groups is 1. The second-order valence-corrected chi connectivity index (χ2v) is 9.68. The molecule has 0 amide bonds. The van der Waals surface area contributed by atoms with Crippen LogP contribution in [0.25, 0.3) is 0 Å². The zero-order valence-corrected chi connectivity index (χ0v) is 17.2. The van der Waals surface area contributed by atoms with Crippen LogP contribution in [0.5, 0.6) is 0 Å². The number of thioether (sulfide) groups is 1. The number of hydrazone groups is 1. The summed E-state index contributed by atoms with van der Waals surface area (Å²) < 4.78 is 14.5. The Labute approximate surface area is 163 Å². The fourth-order valence-corrected chi connectivity index (χ4v) is 5.20. The minimum Gasteiger partial charge on any atom is -0.478 e. The minimum atomic E-state index is -0.995. The van der Waals surface area contributed by atoms with E-state index in [2.05, 4.69) is 43.0 Å². The van der Waals surface area contributed by atoms with E-state index in [4.69, 9.17) is 5.11 Å². The second-order valence-electron chi connectivity index (χ2n) is 8.63. The molecule has 1 atom stereocenters. The molecule has 0 bridgehead atoms. The van der Waals surface area contributed by atoms with Crippen molar-refractivity contribution in [2.75, 3.05) is 7.05 Å². The Morgan fingerprint density at radius 2 is 1.81 bits per heavy atom. The standard InChI is InChI=1S/C19H27FN4O2S/c1-18(2)10-14(11-19(3,4)22-18)23(5)17-21-24(20)15(27-17)12-6-8-13(9-7-12)16(25)26/h6-9,14-15,22H,10-11H2,1-5H3,(H,25,26). The number of nitrogens with zero attached hydrogens (tertiary/aromatic N) is 3. The summed E-state index contributed by atoms with van der Waals surface area (Å²) in [6.07, 6.45) is 1.88. The highest BCUT2D eigenvalue weighted by Crippen LogP contribution is 2.42. The molecule has 1 saturated heterocycles. The Balaban J connectivity index is 1.73. The van der Waals surface area contributed by atoms with Crippen molar-refractivity contribution < 1.29 is 14.4 Å². The highest BCUT2D eigenvalue weighted by molar-refractivity contribution is 8.14. The number of carboxylic acid groups (broad SMARTS) is 1. The van der Waals surface area contributed by atoms with E-state index in [0.29, 0.717) is 16.0 Å². The van der Waals surface area contributed by atoms with Gasteiger partial charge in [0.15, 0.2) is 10.5 Å². The van der Waals surface area contributed by atoms with Gasteiger partial charge in [-0.1, -0.05) is 28.4 Å². The van der Waals surface area contributed by atoms with Gasteiger partial charge in [-0.05, 0) is 58.2 Å². The van der Waals surface area contributed by atoms with Crippen molar-refractivity contribution in [2.24, 2.45) is 5.10 Å². The largest absolute Gasteiger partial charge is 0.478 e. The molecule has 1 aromatic carbocycles. The molecule has 1 aromatic rings. The molecule has 1 fully saturated rings. The zero-order chi connectivity index (χ0) is 20.0. The number of hydrogen-bond acceptors (Lipinski definition) is 6. The Morgan fingerprint density at radius 1 is 1.26 bits per heavy atom. The van der Waals surface area contributed by atoms with Gasteiger partial charge in [0.05, 0.1) is 5.56 Å². The Morgan fingerprint density at radius 3 is 2.33 bits per heavy atom. The predicted octanol–water partition coefficient (Wildman–Crippen LogP) is 3.83. The molecular formula is C19H27FN4O2S. The molecule has 2 heterocycles. The summed E-state index contributed by atoms with van der Waals surface area (Å²) in [5.74, 6) is -0.995. The van der Waals surface area contributed by atoms with E-state index < -0.39 is 11.3 Å². The summed E-state index contributed by atoms with van der Waals surface area (Å²) in [6, 6.07) is 6.52. The molecule has 6 nitrogen and oxygen atoms in total. The maximum absolute atomic E-state index is 14.5. The molecule has 1 unspecified atom stereocenters. The van der Waals surface area contributed by atoms with E-state index in [0.717, 1.165) is 12.8 Å². The lowest BCUT2D eigenvalue weighted by atomic mass is 9.79. The summed E-state index contributed by atoms with van der Waals surface area (Å²) in [5.41, 5.74) is 0.855. The number of rotatable bonds is 3. The van der Waals surface area contributed by atoms with Crippen molar-refractivity contribution in [3.05, 3.63) is 35.4 Å². The van der Waals surface area contributed by atoms with E-state index in [1.807, 2.05) is 7.05 Å². The lowest BCUT2D eigenvalue weighted by Crippen LogP contribution is -2.62. The molecule has 2 aliphatic heterocycles. The SMILES string of the molecule is CN(C1=NN(F)C(c2ccc(C(=O)O)cc2)S1)C1CC(C)(C)NC(C)(C)C1. The summed E-state index contributed by atoms with van der Waals surface area (Å²) in [4.78, 5) is 13.1. The van der Waals surface area contributed by atoms with Crippen LogP contribution in [0.15, 0.2) is 29.4 Å². The number of piperidine rings is 1. The molecule has 2 aliphatic rings. The Kier molecular flexibility index (Phi) is 5.16. The fourth-order valence-electron chi connectivity index (χ4n) is 4.13. The first-order valence-corrected chi connectivity index (χ1v) is 9.91. The van der Waals surface area contributed by atoms with Crippen molar-refractivity contribution in [2.45, 2.75) is 63.0 Å². The predicted molar refractivity (Wildman–Crippen MR) is 106 cm³/mol. The third-order valence-corrected chi connectivity index (χ3v) is 6.30. The van der Waals surface area contributed by atoms with E-state index >= 15 is 0 Å². The molecule has 3 rings (SSSR count). The number of carboxylic acids is 1. The maximum atomic E-state index is 14.5. The molecular weight excluding hydrogens is 367 g/mol. The second kappa shape index (κ2) is 6.98. The van der Waals surface area contributed by atoms with Gasteiger partial charge in [0.25, 0.3) is 0 Å². The first-order chi connectivity index (χ1) is 12.5. The van der Waals surface area contributed by atoms with Crippen molar-refractivity contribution in [1.29, 1.82) is 0 Å². The van der Waals surface area contributed by atoms with Crippen molar-refractivity contribution >= 4 is 22.9 Å². The average molecular weight is 395 g/mol. The van der Waals surface area contributed by atoms with E-state index in [1.54, 1.807) is 12.1 Å². The van der Waals surface area contributed by atoms with Crippen LogP contribution in [0.4, 0.5) is 4.48 Å². The summed E-state index contributed by atoms with van der Waals surface area (Å²) in [5, 5.41) is 17.3. The smallest absolute Gasteiger partial charge is 0.335 e. The number of hydrogen-bond donors (Lipinski definition) is 2. The van der Waals surface area contributed by atoms with Crippen LogP contribution in [-0.4, -0.2) is 50.5 Å². The molecule has 0 saturated carbocycles. The topological polar surface area (TPSA) is 68.2 Å². The lowest BCUT2D eigenvalue weighted by Gasteiger charge is -2.49. The quantitative estimate of drug-likeness (QED) is 0.760. The molecule has 27 heavy (non-hydrogen) atoms. The molecule has 8 heteroatoms. The number of carbonyl (C=O) groups is 1. The van der Waals surface area contributed by atoms with Crippen LogP contribution in [0, 0.1) is 0 Å². The zero-order valence-electron chi connectivity index (χ0n) is 16.4. The van der Waals surface area contributed by atoms with Crippen LogP contribution in [-0.2, 0) is 0 Å². The summed E-state index contributed by atoms with van der Waals surface area (Å²) >= 11 is 1.35. The van der Waals surface area contributed by atoms with Crippen LogP contribution >= 0.6 is 11.8 Å². The van der Waals surface area contributed by atoms with Crippen LogP contribution < -0.4 is 5.32 Å². The number of benzene rings is 1. The van der Waals surface area contributed by atoms with Crippen molar-refractivity contribution in [3.63, 3.8) is 0 Å². The van der Waals surface area contributed by atoms with Gasteiger partial charge in [-0.3, -0.25) is 0 Å². The van der Waals surface area contributed by atoms with E-state index in [1.165, 1.54) is 23.9 Å². The third kappa shape index (κ3) is 4.38. The van der Waals surface area contributed by atoms with Crippen LogP contribution in [0.2, 0.25) is 0 Å². The van der Waals surface area contributed by atoms with Gasteiger partial charge in [-0.25, -0.2) is 4.79 Å². The number of nitrogens with one attached hydrogen (secondary N) is 1. The first-order valence-electron chi connectivity index (χ1n) is 9.03. The summed E-state index contributed by atoms with van der Waals surface area (Å²) in [7, 11) is 1.97. The molecule has 0 aliphatic carbocycles. The molecule has 0 aromatic heterocycles. The molecule has 0 spiro atoms. The normalized spacial score (nSPS) is 24.6. The van der Waals surface area contributed by atoms with Crippen LogP contribution in [0.1, 0.15) is 61.8 Å². The minimum absolute atomic E-state index is 0.00796. The molecule has 0 radical (unpaired) electrons. The summed E-state index contributed by atoms with van der Waals surface area (Å²) in [6.45, 7) is 8.75. The van der Waals surface area contributed by atoms with E-state index in [-0.39, 0.29) is 22.7 Å². The van der Waals surface area contributed by atoms with Gasteiger partial charge in [0.1, 0.15) is 0 Å². The van der Waals surface area contributed by atoms with E-state index in [9.17, 15) is 9.28 Å². The number of aromatic carboxylic acids is 1. The number of halogens is 1.